The van der Waals surface area contributed by atoms with E-state index in [9.17, 15) is 0 Å². The third-order valence-electron chi connectivity index (χ3n) is 4.94. The molecular weight excluding hydrogens is 502 g/mol. The number of phenolic OH excluding ortho intramolecular Hbond substituents is 1. The average molecular weight is 532 g/mol. The van der Waals surface area contributed by atoms with Gasteiger partial charge in [0, 0.05) is 33.7 Å². The Morgan fingerprint density at radius 2 is 1.26 bits per heavy atom. The van der Waals surface area contributed by atoms with Gasteiger partial charge in [-0.15, -0.1) is 17.6 Å². The Morgan fingerprint density at radius 3 is 1.60 bits per heavy atom. The van der Waals surface area contributed by atoms with Crippen LogP contribution in [0.4, 0.5) is 0 Å². The number of aromatic hydroxyl groups is 1. The predicted octanol–water partition coefficient (Wildman–Crippen LogP) is 7.31. The molecule has 0 amide bonds. The minimum atomic E-state index is 0.322. The molecule has 0 radical (unpaired) electrons. The fourth-order valence-electron chi connectivity index (χ4n) is 3.27. The molecule has 2 aromatic carbocycles. The topological polar surface area (TPSA) is 101 Å². The number of terminal acetylenes is 1. The summed E-state index contributed by atoms with van der Waals surface area (Å²) in [5.41, 5.74) is 0. The monoisotopic (exact) mass is 531 g/mol. The molecule has 4 rings (SSSR count). The SMILES string of the molecule is C#CC1CCCC1.N#CBr.N#CC#CC1CCCC1.N#COc1ccccc1.Oc1ccccc1. The van der Waals surface area contributed by atoms with Crippen molar-refractivity contribution >= 4 is 15.9 Å². The molecular formula is C29H30BrN3O2. The summed E-state index contributed by atoms with van der Waals surface area (Å²) in [4.78, 5) is 1.56. The Balaban J connectivity index is 0.000000427. The van der Waals surface area contributed by atoms with Gasteiger partial charge in [0.05, 0.1) is 0 Å². The van der Waals surface area contributed by atoms with E-state index in [0.29, 0.717) is 23.3 Å². The lowest BCUT2D eigenvalue weighted by molar-refractivity contribution is 0.475. The minimum Gasteiger partial charge on any atom is -0.508 e. The molecule has 2 aromatic rings. The highest BCUT2D eigenvalue weighted by Crippen LogP contribution is 2.23. The predicted molar refractivity (Wildman–Crippen MR) is 141 cm³/mol. The van der Waals surface area contributed by atoms with Crippen molar-refractivity contribution in [3.8, 4) is 53.0 Å². The lowest BCUT2D eigenvalue weighted by Crippen LogP contribution is -1.84. The van der Waals surface area contributed by atoms with E-state index in [4.69, 9.17) is 27.3 Å². The minimum absolute atomic E-state index is 0.322. The van der Waals surface area contributed by atoms with Gasteiger partial charge in [-0.25, -0.2) is 0 Å². The summed E-state index contributed by atoms with van der Waals surface area (Å²) in [5, 5.41) is 32.0. The van der Waals surface area contributed by atoms with Crippen LogP contribution in [0.3, 0.4) is 0 Å². The molecule has 2 saturated carbocycles. The van der Waals surface area contributed by atoms with Crippen molar-refractivity contribution < 1.29 is 9.84 Å². The number of phenols is 1. The number of nitrogens with zero attached hydrogens (tertiary/aromatic N) is 3. The van der Waals surface area contributed by atoms with Gasteiger partial charge in [-0.2, -0.15) is 10.5 Å². The molecule has 5 nitrogen and oxygen atoms in total. The molecule has 0 saturated heterocycles. The van der Waals surface area contributed by atoms with E-state index in [1.807, 2.05) is 30.3 Å². The zero-order chi connectivity index (χ0) is 26.0. The van der Waals surface area contributed by atoms with Crippen molar-refractivity contribution in [3.05, 3.63) is 60.7 Å². The van der Waals surface area contributed by atoms with Gasteiger partial charge in [0.2, 0.25) is 0 Å². The Kier molecular flexibility index (Phi) is 20.7. The highest BCUT2D eigenvalue weighted by molar-refractivity contribution is 9.12. The first-order chi connectivity index (χ1) is 17.1. The Labute approximate surface area is 218 Å². The summed E-state index contributed by atoms with van der Waals surface area (Å²) >= 11 is 2.45. The number of halogens is 1. The number of nitriles is 3. The van der Waals surface area contributed by atoms with E-state index in [0.717, 1.165) is 0 Å². The number of rotatable bonds is 1. The molecule has 0 aromatic heterocycles. The van der Waals surface area contributed by atoms with Gasteiger partial charge < -0.3 is 9.84 Å². The number of benzene rings is 2. The quantitative estimate of drug-likeness (QED) is 0.306. The maximum absolute atomic E-state index is 8.63. The van der Waals surface area contributed by atoms with E-state index in [1.165, 1.54) is 51.4 Å². The second kappa shape index (κ2) is 23.3. The zero-order valence-electron chi connectivity index (χ0n) is 19.7. The summed E-state index contributed by atoms with van der Waals surface area (Å²) in [7, 11) is 0. The Morgan fingerprint density at radius 1 is 0.800 bits per heavy atom. The first-order valence-electron chi connectivity index (χ1n) is 11.3. The van der Waals surface area contributed by atoms with E-state index >= 15 is 0 Å². The number of para-hydroxylation sites is 2. The van der Waals surface area contributed by atoms with Crippen molar-refractivity contribution in [2.75, 3.05) is 0 Å². The van der Waals surface area contributed by atoms with Crippen LogP contribution in [0, 0.1) is 69.1 Å². The fraction of sp³-hybridized carbons (Fsp3) is 0.345. The number of hydrogen-bond acceptors (Lipinski definition) is 5. The van der Waals surface area contributed by atoms with Gasteiger partial charge in [0.25, 0.3) is 6.26 Å². The Hall–Kier alpha value is -3.89. The second-order valence-corrected chi connectivity index (χ2v) is 7.79. The van der Waals surface area contributed by atoms with E-state index in [-0.39, 0.29) is 0 Å². The van der Waals surface area contributed by atoms with E-state index < -0.39 is 0 Å². The van der Waals surface area contributed by atoms with Gasteiger partial charge >= 0.3 is 0 Å². The lowest BCUT2D eigenvalue weighted by atomic mass is 10.1. The molecule has 35 heavy (non-hydrogen) atoms. The molecule has 2 aliphatic carbocycles. The highest BCUT2D eigenvalue weighted by Gasteiger charge is 2.11. The van der Waals surface area contributed by atoms with Gasteiger partial charge in [-0.3, -0.25) is 0 Å². The van der Waals surface area contributed by atoms with Crippen LogP contribution in [0.25, 0.3) is 0 Å². The van der Waals surface area contributed by atoms with Crippen LogP contribution in [0.1, 0.15) is 51.4 Å². The standard InChI is InChI=1S/C8H9N.C7H5NO.C7H10.C6H6O.CBrN/c9-7-3-6-8-4-1-2-5-8;8-6-9-7-4-2-1-3-5-7;1-2-7-5-3-4-6-7;7-6-4-2-1-3-5-6;2-1-3/h8H,1-2,4-5H2;1-5H;1,7H,3-6H2;1-5,7H;. The molecule has 1 N–H and O–H groups in total. The van der Waals surface area contributed by atoms with Crippen molar-refractivity contribution in [2.45, 2.75) is 51.4 Å². The van der Waals surface area contributed by atoms with Gasteiger partial charge in [-0.05, 0) is 49.9 Å². The maximum Gasteiger partial charge on any atom is 0.292 e. The fourth-order valence-corrected chi connectivity index (χ4v) is 3.27. The highest BCUT2D eigenvalue weighted by atomic mass is 79.9. The first kappa shape index (κ1) is 31.1. The summed E-state index contributed by atoms with van der Waals surface area (Å²) in [6.07, 6.45) is 17.0. The van der Waals surface area contributed by atoms with Crippen molar-refractivity contribution in [1.82, 2.24) is 0 Å². The smallest absolute Gasteiger partial charge is 0.292 e. The van der Waals surface area contributed by atoms with Crippen LogP contribution in [0.15, 0.2) is 60.7 Å². The average Bonchev–Trinajstić information content (AvgIpc) is 3.60. The first-order valence-corrected chi connectivity index (χ1v) is 12.1. The molecule has 2 aliphatic rings. The molecule has 2 fully saturated rings. The summed E-state index contributed by atoms with van der Waals surface area (Å²) < 4.78 is 4.51. The molecule has 0 aliphatic heterocycles. The number of ether oxygens (including phenoxy) is 1. The van der Waals surface area contributed by atoms with Gasteiger partial charge in [-0.1, -0.05) is 68.0 Å². The zero-order valence-corrected chi connectivity index (χ0v) is 21.3. The largest absolute Gasteiger partial charge is 0.508 e. The third kappa shape index (κ3) is 19.3. The summed E-state index contributed by atoms with van der Waals surface area (Å²) in [6.45, 7) is 0. The maximum atomic E-state index is 8.63. The van der Waals surface area contributed by atoms with Gasteiger partial charge in [0.1, 0.15) is 16.5 Å². The van der Waals surface area contributed by atoms with Crippen molar-refractivity contribution in [1.29, 1.82) is 15.8 Å². The molecule has 0 spiro atoms. The van der Waals surface area contributed by atoms with Crippen LogP contribution in [0.2, 0.25) is 0 Å². The molecule has 0 unspecified atom stereocenters. The lowest BCUT2D eigenvalue weighted by Gasteiger charge is -1.91. The van der Waals surface area contributed by atoms with Crippen molar-refractivity contribution in [2.24, 2.45) is 11.8 Å². The van der Waals surface area contributed by atoms with Crippen LogP contribution < -0.4 is 4.74 Å². The van der Waals surface area contributed by atoms with E-state index in [1.54, 1.807) is 47.6 Å². The van der Waals surface area contributed by atoms with Crippen LogP contribution in [0.5, 0.6) is 11.5 Å². The molecule has 0 heterocycles. The molecule has 6 heteroatoms. The van der Waals surface area contributed by atoms with Gasteiger partial charge in [0.15, 0.2) is 6.07 Å². The van der Waals surface area contributed by atoms with Crippen LogP contribution in [-0.4, -0.2) is 5.11 Å². The van der Waals surface area contributed by atoms with Crippen LogP contribution in [-0.2, 0) is 0 Å². The van der Waals surface area contributed by atoms with Crippen LogP contribution >= 0.6 is 15.9 Å². The Bertz CT molecular complexity index is 1010. The second-order valence-electron chi connectivity index (χ2n) is 7.44. The number of hydrogen-bond donors (Lipinski definition) is 1. The summed E-state index contributed by atoms with van der Waals surface area (Å²) in [5.74, 6) is 10.2. The molecule has 0 bridgehead atoms. The third-order valence-corrected chi connectivity index (χ3v) is 4.94. The molecule has 0 atom stereocenters. The van der Waals surface area contributed by atoms with E-state index in [2.05, 4.69) is 38.4 Å². The van der Waals surface area contributed by atoms with Crippen molar-refractivity contribution in [3.63, 3.8) is 0 Å². The molecule has 180 valence electrons. The normalized spacial score (nSPS) is 13.1. The summed E-state index contributed by atoms with van der Waals surface area (Å²) in [6, 6.07) is 19.5.